The van der Waals surface area contributed by atoms with Gasteiger partial charge in [0.1, 0.15) is 0 Å². The van der Waals surface area contributed by atoms with Crippen LogP contribution >= 0.6 is 36.4 Å². The molecular weight excluding hydrogens is 341 g/mol. The first-order chi connectivity index (χ1) is 9.83. The second kappa shape index (κ2) is 9.96. The zero-order valence-corrected chi connectivity index (χ0v) is 15.2. The van der Waals surface area contributed by atoms with E-state index < -0.39 is 0 Å². The molecule has 2 atom stereocenters. The molecule has 3 rings (SSSR count). The van der Waals surface area contributed by atoms with Gasteiger partial charge in [-0.15, -0.1) is 24.8 Å². The molecule has 3 nitrogen and oxygen atoms in total. The number of hydrogen-bond acceptors (Lipinski definition) is 3. The second-order valence-corrected chi connectivity index (χ2v) is 6.42. The highest BCUT2D eigenvalue weighted by Gasteiger charge is 2.26. The number of hydrogen-bond donors (Lipinski definition) is 2. The first-order valence-corrected chi connectivity index (χ1v) is 8.11. The Labute approximate surface area is 151 Å². The van der Waals surface area contributed by atoms with Crippen LogP contribution in [-0.4, -0.2) is 44.2 Å². The van der Waals surface area contributed by atoms with Crippen LogP contribution in [0.15, 0.2) is 24.3 Å². The maximum atomic E-state index is 6.15. The largest absolute Gasteiger partial charge is 0.316 e. The van der Waals surface area contributed by atoms with Gasteiger partial charge in [-0.3, -0.25) is 4.90 Å². The minimum atomic E-state index is 0. The first-order valence-electron chi connectivity index (χ1n) is 7.74. The van der Waals surface area contributed by atoms with Gasteiger partial charge in [-0.05, 0) is 49.5 Å². The van der Waals surface area contributed by atoms with Crippen LogP contribution < -0.4 is 10.6 Å². The Bertz CT molecular complexity index is 438. The van der Waals surface area contributed by atoms with Crippen LogP contribution in [0.1, 0.15) is 24.4 Å². The predicted octanol–water partition coefficient (Wildman–Crippen LogP) is 3.13. The minimum Gasteiger partial charge on any atom is -0.316 e. The van der Waals surface area contributed by atoms with Crippen molar-refractivity contribution in [1.29, 1.82) is 0 Å². The molecule has 0 bridgehead atoms. The maximum Gasteiger partial charge on any atom is 0.0473 e. The first kappa shape index (κ1) is 20.0. The van der Waals surface area contributed by atoms with Gasteiger partial charge in [-0.25, -0.2) is 0 Å². The van der Waals surface area contributed by atoms with Gasteiger partial charge in [-0.2, -0.15) is 0 Å². The van der Waals surface area contributed by atoms with E-state index in [1.54, 1.807) is 0 Å². The number of nitrogens with zero attached hydrogens (tertiary/aromatic N) is 1. The number of rotatable bonds is 3. The molecule has 2 unspecified atom stereocenters. The van der Waals surface area contributed by atoms with Crippen LogP contribution in [0.25, 0.3) is 0 Å². The summed E-state index contributed by atoms with van der Waals surface area (Å²) >= 11 is 6.15. The van der Waals surface area contributed by atoms with Crippen molar-refractivity contribution in [2.24, 2.45) is 5.92 Å². The summed E-state index contributed by atoms with van der Waals surface area (Å²) in [4.78, 5) is 2.64. The Morgan fingerprint density at radius 1 is 1.14 bits per heavy atom. The highest BCUT2D eigenvalue weighted by atomic mass is 35.5. The highest BCUT2D eigenvalue weighted by molar-refractivity contribution is 6.30. The topological polar surface area (TPSA) is 27.3 Å². The number of piperazine rings is 1. The molecule has 2 heterocycles. The fourth-order valence-electron chi connectivity index (χ4n) is 3.42. The lowest BCUT2D eigenvalue weighted by molar-refractivity contribution is 0.127. The molecule has 126 valence electrons. The van der Waals surface area contributed by atoms with E-state index >= 15 is 0 Å². The Morgan fingerprint density at radius 2 is 1.95 bits per heavy atom. The highest BCUT2D eigenvalue weighted by Crippen LogP contribution is 2.26. The molecule has 0 spiro atoms. The van der Waals surface area contributed by atoms with Crippen molar-refractivity contribution in [3.8, 4) is 0 Å². The Balaban J connectivity index is 0.00000121. The molecular formula is C16H26Cl3N3. The van der Waals surface area contributed by atoms with Crippen molar-refractivity contribution in [1.82, 2.24) is 15.5 Å². The zero-order chi connectivity index (χ0) is 13.8. The molecule has 2 aliphatic heterocycles. The van der Waals surface area contributed by atoms with E-state index in [1.807, 2.05) is 6.07 Å². The Morgan fingerprint density at radius 3 is 2.68 bits per heavy atom. The molecule has 2 aliphatic rings. The molecule has 2 N–H and O–H groups in total. The molecule has 1 aromatic rings. The van der Waals surface area contributed by atoms with Crippen molar-refractivity contribution in [3.05, 3.63) is 34.9 Å². The van der Waals surface area contributed by atoms with Gasteiger partial charge < -0.3 is 10.6 Å². The van der Waals surface area contributed by atoms with E-state index in [9.17, 15) is 0 Å². The molecule has 2 saturated heterocycles. The maximum absolute atomic E-state index is 6.15. The van der Waals surface area contributed by atoms with Crippen LogP contribution in [0, 0.1) is 5.92 Å². The monoisotopic (exact) mass is 365 g/mol. The fraction of sp³-hybridized carbons (Fsp3) is 0.625. The molecule has 0 amide bonds. The van der Waals surface area contributed by atoms with Gasteiger partial charge in [0.2, 0.25) is 0 Å². The number of nitrogens with one attached hydrogen (secondary N) is 2. The molecule has 1 aromatic carbocycles. The normalized spacial score (nSPS) is 25.9. The van der Waals surface area contributed by atoms with Crippen LogP contribution in [-0.2, 0) is 0 Å². The summed E-state index contributed by atoms with van der Waals surface area (Å²) in [5, 5.41) is 7.88. The summed E-state index contributed by atoms with van der Waals surface area (Å²) in [7, 11) is 0. The quantitative estimate of drug-likeness (QED) is 0.860. The van der Waals surface area contributed by atoms with Crippen LogP contribution in [0.3, 0.4) is 0 Å². The summed E-state index contributed by atoms with van der Waals surface area (Å²) in [6, 6.07) is 8.80. The van der Waals surface area contributed by atoms with Gasteiger partial charge in [-0.1, -0.05) is 23.7 Å². The third kappa shape index (κ3) is 5.26. The average Bonchev–Trinajstić information content (AvgIpc) is 2.49. The van der Waals surface area contributed by atoms with Crippen molar-refractivity contribution in [2.45, 2.75) is 18.9 Å². The van der Waals surface area contributed by atoms with Gasteiger partial charge >= 0.3 is 0 Å². The summed E-state index contributed by atoms with van der Waals surface area (Å²) in [6.45, 7) is 6.82. The molecule has 0 radical (unpaired) electrons. The van der Waals surface area contributed by atoms with E-state index in [0.29, 0.717) is 6.04 Å². The summed E-state index contributed by atoms with van der Waals surface area (Å²) in [5.74, 6) is 0.795. The van der Waals surface area contributed by atoms with Crippen molar-refractivity contribution < 1.29 is 0 Å². The Kier molecular flexibility index (Phi) is 9.07. The lowest BCUT2D eigenvalue weighted by Gasteiger charge is -2.39. The third-order valence-corrected chi connectivity index (χ3v) is 4.71. The smallest absolute Gasteiger partial charge is 0.0473 e. The Hall–Kier alpha value is -0.0300. The van der Waals surface area contributed by atoms with Gasteiger partial charge in [0.05, 0.1) is 0 Å². The molecule has 0 aromatic heterocycles. The predicted molar refractivity (Wildman–Crippen MR) is 98.7 cm³/mol. The molecule has 0 saturated carbocycles. The van der Waals surface area contributed by atoms with Crippen molar-refractivity contribution >= 4 is 36.4 Å². The third-order valence-electron chi connectivity index (χ3n) is 4.48. The van der Waals surface area contributed by atoms with Crippen molar-refractivity contribution in [2.75, 3.05) is 39.3 Å². The summed E-state index contributed by atoms with van der Waals surface area (Å²) in [5.41, 5.74) is 1.34. The number of halogens is 3. The van der Waals surface area contributed by atoms with E-state index in [1.165, 1.54) is 38.0 Å². The number of piperidine rings is 1. The zero-order valence-electron chi connectivity index (χ0n) is 12.8. The van der Waals surface area contributed by atoms with Gasteiger partial charge in [0.15, 0.2) is 0 Å². The van der Waals surface area contributed by atoms with Gasteiger partial charge in [0.25, 0.3) is 0 Å². The summed E-state index contributed by atoms with van der Waals surface area (Å²) < 4.78 is 0. The fourth-order valence-corrected chi connectivity index (χ4v) is 3.62. The molecule has 22 heavy (non-hydrogen) atoms. The summed E-state index contributed by atoms with van der Waals surface area (Å²) in [6.07, 6.45) is 2.68. The second-order valence-electron chi connectivity index (χ2n) is 5.98. The van der Waals surface area contributed by atoms with Crippen molar-refractivity contribution in [3.63, 3.8) is 0 Å². The van der Waals surface area contributed by atoms with E-state index in [-0.39, 0.29) is 24.8 Å². The van der Waals surface area contributed by atoms with E-state index in [2.05, 4.69) is 33.7 Å². The van der Waals surface area contributed by atoms with E-state index in [4.69, 9.17) is 11.6 Å². The lowest BCUT2D eigenvalue weighted by Crippen LogP contribution is -2.49. The minimum absolute atomic E-state index is 0. The SMILES string of the molecule is Cl.Cl.Clc1cccc(C2CNCCN2CC2CCCNC2)c1. The number of benzene rings is 1. The van der Waals surface area contributed by atoms with Crippen LogP contribution in [0.2, 0.25) is 5.02 Å². The molecule has 6 heteroatoms. The standard InChI is InChI=1S/C16H24ClN3.2ClH/c17-15-5-1-4-14(9-15)16-11-19-7-8-20(16)12-13-3-2-6-18-10-13;;/h1,4-5,9,13,16,18-19H,2-3,6-8,10-12H2;2*1H. The molecule has 0 aliphatic carbocycles. The average molecular weight is 367 g/mol. The molecule has 2 fully saturated rings. The van der Waals surface area contributed by atoms with Crippen LogP contribution in [0.5, 0.6) is 0 Å². The lowest BCUT2D eigenvalue weighted by atomic mass is 9.96. The van der Waals surface area contributed by atoms with E-state index in [0.717, 1.165) is 30.6 Å². The van der Waals surface area contributed by atoms with Crippen LogP contribution in [0.4, 0.5) is 0 Å². The van der Waals surface area contributed by atoms with Gasteiger partial charge in [0, 0.05) is 37.2 Å².